The Morgan fingerprint density at radius 2 is 1.96 bits per heavy atom. The Morgan fingerprint density at radius 3 is 2.63 bits per heavy atom. The molecule has 0 spiro atoms. The van der Waals surface area contributed by atoms with E-state index in [9.17, 15) is 9.90 Å². The highest BCUT2D eigenvalue weighted by Gasteiger charge is 2.41. The summed E-state index contributed by atoms with van der Waals surface area (Å²) in [6.07, 6.45) is 7.02. The zero-order valence-electron chi connectivity index (χ0n) is 15.5. The summed E-state index contributed by atoms with van der Waals surface area (Å²) < 4.78 is 5.87. The molecule has 5 nitrogen and oxygen atoms in total. The molecule has 0 unspecified atom stereocenters. The van der Waals surface area contributed by atoms with Gasteiger partial charge in [-0.1, -0.05) is 24.3 Å². The minimum atomic E-state index is -0.773. The predicted molar refractivity (Wildman–Crippen MR) is 105 cm³/mol. The number of alkyl halides is 1. The molecule has 6 heteroatoms. The van der Waals surface area contributed by atoms with Crippen LogP contribution in [-0.4, -0.2) is 46.0 Å². The lowest BCUT2D eigenvalue weighted by molar-refractivity contribution is -0.137. The minimum Gasteiger partial charge on any atom is -0.493 e. The lowest BCUT2D eigenvalue weighted by Gasteiger charge is -2.22. The summed E-state index contributed by atoms with van der Waals surface area (Å²) in [4.78, 5) is 10.5. The van der Waals surface area contributed by atoms with Gasteiger partial charge in [0.2, 0.25) is 0 Å². The van der Waals surface area contributed by atoms with Gasteiger partial charge < -0.3 is 20.1 Å². The second kappa shape index (κ2) is 11.3. The number of ether oxygens (including phenoxy) is 1. The summed E-state index contributed by atoms with van der Waals surface area (Å²) in [6, 6.07) is 7.61. The Kier molecular flexibility index (Phi) is 9.11. The van der Waals surface area contributed by atoms with Crippen LogP contribution in [0, 0.1) is 11.8 Å². The van der Waals surface area contributed by atoms with Crippen LogP contribution < -0.4 is 4.74 Å². The van der Waals surface area contributed by atoms with Crippen LogP contribution in [0.1, 0.15) is 37.7 Å². The molecule has 1 aromatic carbocycles. The van der Waals surface area contributed by atoms with E-state index in [-0.39, 0.29) is 30.2 Å². The maximum absolute atomic E-state index is 10.5. The quantitative estimate of drug-likeness (QED) is 0.303. The summed E-state index contributed by atoms with van der Waals surface area (Å²) in [5.74, 6) is 0.0639. The standard InChI is InChI=1S/C21H29ClO5/c22-19-13-20(24)18(17(19)5-3-1-2-4-6-21(25)26)14-27-16-9-7-15(8-10-16)11-12-23/h1,3,7-10,17-20,23-24H,2,4-6,11-14H2,(H,25,26)/b3-1-/t17-,18-,19+,20-/m1/s1. The molecule has 1 aliphatic rings. The van der Waals surface area contributed by atoms with Gasteiger partial charge in [0.1, 0.15) is 5.75 Å². The van der Waals surface area contributed by atoms with Gasteiger partial charge in [-0.3, -0.25) is 4.79 Å². The fourth-order valence-electron chi connectivity index (χ4n) is 3.51. The highest BCUT2D eigenvalue weighted by Crippen LogP contribution is 2.39. The van der Waals surface area contributed by atoms with Crippen molar-refractivity contribution in [3.8, 4) is 5.75 Å². The number of carbonyl (C=O) groups is 1. The first-order chi connectivity index (χ1) is 13.0. The highest BCUT2D eigenvalue weighted by atomic mass is 35.5. The summed E-state index contributed by atoms with van der Waals surface area (Å²) in [5, 5.41) is 27.8. The molecule has 27 heavy (non-hydrogen) atoms. The molecule has 3 N–H and O–H groups in total. The Hall–Kier alpha value is -1.56. The number of aliphatic hydroxyl groups is 2. The molecule has 0 radical (unpaired) electrons. The van der Waals surface area contributed by atoms with Crippen LogP contribution >= 0.6 is 11.6 Å². The summed E-state index contributed by atoms with van der Waals surface area (Å²) in [6.45, 7) is 0.526. The summed E-state index contributed by atoms with van der Waals surface area (Å²) in [5.41, 5.74) is 1.05. The van der Waals surface area contributed by atoms with Gasteiger partial charge in [0.05, 0.1) is 12.7 Å². The number of allylic oxidation sites excluding steroid dienone is 2. The number of halogens is 1. The Balaban J connectivity index is 1.83. The molecule has 1 saturated carbocycles. The smallest absolute Gasteiger partial charge is 0.303 e. The Labute approximate surface area is 165 Å². The van der Waals surface area contributed by atoms with Crippen molar-refractivity contribution in [2.24, 2.45) is 11.8 Å². The monoisotopic (exact) mass is 396 g/mol. The van der Waals surface area contributed by atoms with E-state index in [2.05, 4.69) is 0 Å². The second-order valence-corrected chi connectivity index (χ2v) is 7.63. The van der Waals surface area contributed by atoms with Gasteiger partial charge in [-0.05, 0) is 55.7 Å². The fraction of sp³-hybridized carbons (Fsp3) is 0.571. The molecule has 1 fully saturated rings. The molecule has 2 rings (SSSR count). The van der Waals surface area contributed by atoms with Crippen LogP contribution in [0.25, 0.3) is 0 Å². The molecule has 0 amide bonds. The zero-order valence-corrected chi connectivity index (χ0v) is 16.2. The first kappa shape index (κ1) is 21.7. The van der Waals surface area contributed by atoms with Crippen LogP contribution in [0.4, 0.5) is 0 Å². The van der Waals surface area contributed by atoms with E-state index in [1.54, 1.807) is 0 Å². The summed E-state index contributed by atoms with van der Waals surface area (Å²) in [7, 11) is 0. The van der Waals surface area contributed by atoms with Crippen molar-refractivity contribution in [1.82, 2.24) is 0 Å². The van der Waals surface area contributed by atoms with Crippen molar-refractivity contribution < 1.29 is 24.9 Å². The van der Waals surface area contributed by atoms with Gasteiger partial charge in [-0.15, -0.1) is 11.6 Å². The first-order valence-corrected chi connectivity index (χ1v) is 9.96. The van der Waals surface area contributed by atoms with Crippen molar-refractivity contribution in [2.75, 3.05) is 13.2 Å². The first-order valence-electron chi connectivity index (χ1n) is 9.52. The van der Waals surface area contributed by atoms with E-state index in [0.717, 1.165) is 24.2 Å². The van der Waals surface area contributed by atoms with Gasteiger partial charge in [0.25, 0.3) is 0 Å². The van der Waals surface area contributed by atoms with Crippen molar-refractivity contribution in [3.63, 3.8) is 0 Å². The number of aliphatic carboxylic acids is 1. The van der Waals surface area contributed by atoms with E-state index in [1.807, 2.05) is 36.4 Å². The maximum Gasteiger partial charge on any atom is 0.303 e. The number of benzene rings is 1. The normalized spacial score (nSPS) is 25.1. The number of carboxylic acids is 1. The van der Waals surface area contributed by atoms with Crippen LogP contribution in [0.5, 0.6) is 5.75 Å². The number of aliphatic hydroxyl groups excluding tert-OH is 2. The van der Waals surface area contributed by atoms with E-state index in [4.69, 9.17) is 26.6 Å². The van der Waals surface area contributed by atoms with Gasteiger partial charge in [-0.25, -0.2) is 0 Å². The highest BCUT2D eigenvalue weighted by molar-refractivity contribution is 6.21. The molecule has 0 aromatic heterocycles. The van der Waals surface area contributed by atoms with Crippen LogP contribution in [0.15, 0.2) is 36.4 Å². The number of hydrogen-bond donors (Lipinski definition) is 3. The van der Waals surface area contributed by atoms with Gasteiger partial charge in [0.15, 0.2) is 0 Å². The summed E-state index contributed by atoms with van der Waals surface area (Å²) >= 11 is 6.44. The van der Waals surface area contributed by atoms with Crippen molar-refractivity contribution >= 4 is 17.6 Å². The van der Waals surface area contributed by atoms with Crippen LogP contribution in [0.2, 0.25) is 0 Å². The molecule has 150 valence electrons. The Bertz CT molecular complexity index is 601. The largest absolute Gasteiger partial charge is 0.493 e. The van der Waals surface area contributed by atoms with Gasteiger partial charge in [0, 0.05) is 24.3 Å². The second-order valence-electron chi connectivity index (χ2n) is 7.07. The third kappa shape index (κ3) is 7.17. The van der Waals surface area contributed by atoms with E-state index in [1.165, 1.54) is 0 Å². The zero-order chi connectivity index (χ0) is 19.6. The lowest BCUT2D eigenvalue weighted by Crippen LogP contribution is -2.27. The number of carboxylic acid groups (broad SMARTS) is 1. The minimum absolute atomic E-state index is 0.0340. The van der Waals surface area contributed by atoms with E-state index < -0.39 is 12.1 Å². The van der Waals surface area contributed by atoms with Crippen LogP contribution in [-0.2, 0) is 11.2 Å². The van der Waals surface area contributed by atoms with E-state index in [0.29, 0.717) is 25.9 Å². The molecule has 0 bridgehead atoms. The molecule has 0 saturated heterocycles. The van der Waals surface area contributed by atoms with E-state index >= 15 is 0 Å². The average Bonchev–Trinajstić information content (AvgIpc) is 2.90. The molecule has 4 atom stereocenters. The molecular formula is C21H29ClO5. The predicted octanol–water partition coefficient (Wildman–Crippen LogP) is 3.41. The number of hydrogen-bond acceptors (Lipinski definition) is 4. The van der Waals surface area contributed by atoms with Crippen molar-refractivity contribution in [2.45, 2.75) is 50.0 Å². The van der Waals surface area contributed by atoms with Crippen molar-refractivity contribution in [3.05, 3.63) is 42.0 Å². The number of unbranched alkanes of at least 4 members (excludes halogenated alkanes) is 1. The molecule has 0 heterocycles. The fourth-order valence-corrected chi connectivity index (χ4v) is 3.98. The molecule has 1 aliphatic carbocycles. The average molecular weight is 397 g/mol. The van der Waals surface area contributed by atoms with Gasteiger partial charge in [-0.2, -0.15) is 0 Å². The van der Waals surface area contributed by atoms with Crippen LogP contribution in [0.3, 0.4) is 0 Å². The third-order valence-electron chi connectivity index (χ3n) is 5.08. The maximum atomic E-state index is 10.5. The lowest BCUT2D eigenvalue weighted by atomic mass is 9.92. The number of rotatable bonds is 11. The van der Waals surface area contributed by atoms with Gasteiger partial charge >= 0.3 is 5.97 Å². The SMILES string of the molecule is O=C(O)CCC/C=C\C[C@@H]1[C@@H](COc2ccc(CCO)cc2)[C@H](O)C[C@@H]1Cl. The molecular weight excluding hydrogens is 368 g/mol. The molecule has 1 aromatic rings. The molecule has 0 aliphatic heterocycles. The topological polar surface area (TPSA) is 87.0 Å². The van der Waals surface area contributed by atoms with Crippen molar-refractivity contribution in [1.29, 1.82) is 0 Å². The Morgan fingerprint density at radius 1 is 1.22 bits per heavy atom. The third-order valence-corrected chi connectivity index (χ3v) is 5.58.